The van der Waals surface area contributed by atoms with Gasteiger partial charge in [-0.05, 0) is 33.1 Å². The topological polar surface area (TPSA) is 23.5 Å². The van der Waals surface area contributed by atoms with Crippen molar-refractivity contribution in [3.05, 3.63) is 0 Å². The van der Waals surface area contributed by atoms with Gasteiger partial charge in [0.25, 0.3) is 0 Å². The molecule has 0 saturated carbocycles. The normalized spacial score (nSPS) is 39.0. The molecule has 12 heavy (non-hydrogen) atoms. The number of aliphatic hydroxyl groups excluding tert-OH is 1. The molecule has 1 N–H and O–H groups in total. The molecule has 0 aromatic rings. The molecule has 1 rings (SSSR count). The molecule has 72 valence electrons. The van der Waals surface area contributed by atoms with Crippen LogP contribution >= 0.6 is 0 Å². The zero-order chi connectivity index (χ0) is 9.30. The van der Waals surface area contributed by atoms with E-state index >= 15 is 0 Å². The maximum absolute atomic E-state index is 9.62. The summed E-state index contributed by atoms with van der Waals surface area (Å²) < 4.78 is 0. The molecule has 1 saturated heterocycles. The Morgan fingerprint density at radius 1 is 1.33 bits per heavy atom. The molecule has 3 atom stereocenters. The molecule has 1 aliphatic rings. The van der Waals surface area contributed by atoms with Crippen LogP contribution in [0, 0.1) is 5.92 Å². The van der Waals surface area contributed by atoms with E-state index in [9.17, 15) is 5.11 Å². The lowest BCUT2D eigenvalue weighted by molar-refractivity contribution is -0.00774. The van der Waals surface area contributed by atoms with E-state index in [1.807, 2.05) is 0 Å². The molecule has 1 heterocycles. The molecule has 0 unspecified atom stereocenters. The highest BCUT2D eigenvalue weighted by Crippen LogP contribution is 2.23. The average molecular weight is 171 g/mol. The minimum atomic E-state index is -0.0880. The van der Waals surface area contributed by atoms with Crippen LogP contribution in [0.15, 0.2) is 0 Å². The van der Waals surface area contributed by atoms with Crippen LogP contribution in [0.1, 0.15) is 34.1 Å². The van der Waals surface area contributed by atoms with Gasteiger partial charge >= 0.3 is 0 Å². The molecule has 0 aromatic carbocycles. The van der Waals surface area contributed by atoms with E-state index in [1.165, 1.54) is 0 Å². The Balaban J connectivity index is 2.55. The van der Waals surface area contributed by atoms with Crippen molar-refractivity contribution >= 4 is 0 Å². The molecule has 0 aromatic heterocycles. The smallest absolute Gasteiger partial charge is 0.0592 e. The summed E-state index contributed by atoms with van der Waals surface area (Å²) in [6, 6.07) is 1.14. The first-order chi connectivity index (χ1) is 5.52. The summed E-state index contributed by atoms with van der Waals surface area (Å²) in [7, 11) is 0. The number of aliphatic hydroxyl groups is 1. The largest absolute Gasteiger partial charge is 0.393 e. The van der Waals surface area contributed by atoms with E-state index in [0.29, 0.717) is 18.0 Å². The van der Waals surface area contributed by atoms with Gasteiger partial charge in [0.15, 0.2) is 0 Å². The minimum Gasteiger partial charge on any atom is -0.393 e. The van der Waals surface area contributed by atoms with E-state index in [2.05, 4.69) is 32.6 Å². The Kier molecular flexibility index (Phi) is 3.13. The molecule has 1 aliphatic heterocycles. The summed E-state index contributed by atoms with van der Waals surface area (Å²) in [6.07, 6.45) is 0.842. The molecule has 1 fully saturated rings. The molecular formula is C10H21NO. The predicted molar refractivity (Wildman–Crippen MR) is 51.1 cm³/mol. The van der Waals surface area contributed by atoms with Crippen molar-refractivity contribution < 1.29 is 5.11 Å². The maximum Gasteiger partial charge on any atom is 0.0592 e. The number of hydrogen-bond donors (Lipinski definition) is 1. The fourth-order valence-electron chi connectivity index (χ4n) is 2.07. The molecule has 0 radical (unpaired) electrons. The highest BCUT2D eigenvalue weighted by Gasteiger charge is 2.30. The summed E-state index contributed by atoms with van der Waals surface area (Å²) in [4.78, 5) is 2.47. The van der Waals surface area contributed by atoms with Crippen LogP contribution in [0.3, 0.4) is 0 Å². The molecule has 0 bridgehead atoms. The van der Waals surface area contributed by atoms with Crippen molar-refractivity contribution in [1.82, 2.24) is 4.90 Å². The first-order valence-electron chi connectivity index (χ1n) is 4.96. The summed E-state index contributed by atoms with van der Waals surface area (Å²) in [5, 5.41) is 9.62. The van der Waals surface area contributed by atoms with Crippen molar-refractivity contribution in [3.8, 4) is 0 Å². The van der Waals surface area contributed by atoms with E-state index in [-0.39, 0.29) is 6.10 Å². The van der Waals surface area contributed by atoms with E-state index in [4.69, 9.17) is 0 Å². The molecule has 0 spiro atoms. The second-order valence-electron chi connectivity index (χ2n) is 4.42. The van der Waals surface area contributed by atoms with Crippen molar-refractivity contribution in [2.24, 2.45) is 5.92 Å². The van der Waals surface area contributed by atoms with Gasteiger partial charge in [-0.2, -0.15) is 0 Å². The average Bonchev–Trinajstić information content (AvgIpc) is 1.96. The van der Waals surface area contributed by atoms with Gasteiger partial charge in [0.1, 0.15) is 0 Å². The summed E-state index contributed by atoms with van der Waals surface area (Å²) in [5.74, 6) is 0.434. The van der Waals surface area contributed by atoms with Crippen molar-refractivity contribution in [2.75, 3.05) is 6.54 Å². The predicted octanol–water partition coefficient (Wildman–Crippen LogP) is 1.49. The Bertz CT molecular complexity index is 147. The first kappa shape index (κ1) is 10.0. The fourth-order valence-corrected chi connectivity index (χ4v) is 2.07. The molecular weight excluding hydrogens is 150 g/mol. The molecule has 0 aliphatic carbocycles. The SMILES string of the molecule is CC(C)N1C[C@@H](C)[C@H](O)C[C@@H]1C. The maximum atomic E-state index is 9.62. The first-order valence-corrected chi connectivity index (χ1v) is 4.96. The van der Waals surface area contributed by atoms with Crippen LogP contribution < -0.4 is 0 Å². The van der Waals surface area contributed by atoms with Gasteiger partial charge in [-0.15, -0.1) is 0 Å². The number of piperidine rings is 1. The van der Waals surface area contributed by atoms with Gasteiger partial charge in [-0.25, -0.2) is 0 Å². The monoisotopic (exact) mass is 171 g/mol. The minimum absolute atomic E-state index is 0.0880. The van der Waals surface area contributed by atoms with Crippen LogP contribution in [0.5, 0.6) is 0 Å². The quantitative estimate of drug-likeness (QED) is 0.646. The van der Waals surface area contributed by atoms with Crippen molar-refractivity contribution in [1.29, 1.82) is 0 Å². The second-order valence-corrected chi connectivity index (χ2v) is 4.42. The van der Waals surface area contributed by atoms with E-state index in [0.717, 1.165) is 13.0 Å². The molecule has 0 amide bonds. The fraction of sp³-hybridized carbons (Fsp3) is 1.00. The van der Waals surface area contributed by atoms with Crippen LogP contribution in [0.2, 0.25) is 0 Å². The van der Waals surface area contributed by atoms with Gasteiger partial charge in [0.2, 0.25) is 0 Å². The van der Waals surface area contributed by atoms with Crippen LogP contribution in [0.25, 0.3) is 0 Å². The van der Waals surface area contributed by atoms with Crippen LogP contribution in [-0.4, -0.2) is 34.7 Å². The summed E-state index contributed by atoms with van der Waals surface area (Å²) in [6.45, 7) is 9.82. The third kappa shape index (κ3) is 1.99. The highest BCUT2D eigenvalue weighted by molar-refractivity contribution is 4.84. The Morgan fingerprint density at radius 3 is 2.42 bits per heavy atom. The summed E-state index contributed by atoms with van der Waals surface area (Å²) in [5.41, 5.74) is 0. The van der Waals surface area contributed by atoms with Gasteiger partial charge < -0.3 is 5.11 Å². The Hall–Kier alpha value is -0.0800. The van der Waals surface area contributed by atoms with Gasteiger partial charge in [-0.3, -0.25) is 4.90 Å². The lowest BCUT2D eigenvalue weighted by Gasteiger charge is -2.42. The lowest BCUT2D eigenvalue weighted by Crippen LogP contribution is -2.50. The number of likely N-dealkylation sites (tertiary alicyclic amines) is 1. The Morgan fingerprint density at radius 2 is 1.92 bits per heavy atom. The summed E-state index contributed by atoms with van der Waals surface area (Å²) >= 11 is 0. The number of hydrogen-bond acceptors (Lipinski definition) is 2. The lowest BCUT2D eigenvalue weighted by atomic mass is 9.91. The third-order valence-electron chi connectivity index (χ3n) is 2.97. The Labute approximate surface area is 75.6 Å². The molecule has 2 nitrogen and oxygen atoms in total. The van der Waals surface area contributed by atoms with Gasteiger partial charge in [0, 0.05) is 18.6 Å². The van der Waals surface area contributed by atoms with Gasteiger partial charge in [0.05, 0.1) is 6.10 Å². The highest BCUT2D eigenvalue weighted by atomic mass is 16.3. The third-order valence-corrected chi connectivity index (χ3v) is 2.97. The van der Waals surface area contributed by atoms with Crippen molar-refractivity contribution in [3.63, 3.8) is 0 Å². The van der Waals surface area contributed by atoms with Crippen LogP contribution in [0.4, 0.5) is 0 Å². The van der Waals surface area contributed by atoms with Gasteiger partial charge in [-0.1, -0.05) is 6.92 Å². The second kappa shape index (κ2) is 3.75. The number of nitrogens with zero attached hydrogens (tertiary/aromatic N) is 1. The number of rotatable bonds is 1. The standard InChI is InChI=1S/C10H21NO/c1-7(2)11-6-8(3)10(12)5-9(11)4/h7-10,12H,5-6H2,1-4H3/t8-,9+,10-/m1/s1. The zero-order valence-electron chi connectivity index (χ0n) is 8.62. The van der Waals surface area contributed by atoms with E-state index in [1.54, 1.807) is 0 Å². The van der Waals surface area contributed by atoms with Crippen molar-refractivity contribution in [2.45, 2.75) is 52.3 Å². The molecule has 2 heteroatoms. The zero-order valence-corrected chi connectivity index (χ0v) is 8.62. The van der Waals surface area contributed by atoms with E-state index < -0.39 is 0 Å². The van der Waals surface area contributed by atoms with Crippen LogP contribution in [-0.2, 0) is 0 Å².